The first kappa shape index (κ1) is 32.6. The van der Waals surface area contributed by atoms with Gasteiger partial charge in [-0.2, -0.15) is 0 Å². The zero-order valence-corrected chi connectivity index (χ0v) is 25.3. The smallest absolute Gasteiger partial charge is 0.408 e. The van der Waals surface area contributed by atoms with Crippen molar-refractivity contribution in [1.82, 2.24) is 15.5 Å². The molecule has 0 aromatic heterocycles. The summed E-state index contributed by atoms with van der Waals surface area (Å²) >= 11 is 0. The number of rotatable bonds is 11. The predicted molar refractivity (Wildman–Crippen MR) is 154 cm³/mol. The van der Waals surface area contributed by atoms with Crippen LogP contribution in [0.15, 0.2) is 18.2 Å². The van der Waals surface area contributed by atoms with Gasteiger partial charge in [-0.3, -0.25) is 9.59 Å². The van der Waals surface area contributed by atoms with Crippen molar-refractivity contribution < 1.29 is 24.2 Å². The molecule has 1 aromatic rings. The van der Waals surface area contributed by atoms with Gasteiger partial charge in [-0.25, -0.2) is 4.79 Å². The molecule has 0 heterocycles. The average molecular weight is 546 g/mol. The van der Waals surface area contributed by atoms with Crippen LogP contribution in [0.1, 0.15) is 109 Å². The van der Waals surface area contributed by atoms with E-state index in [4.69, 9.17) is 4.74 Å². The molecule has 0 aliphatic heterocycles. The van der Waals surface area contributed by atoms with Crippen molar-refractivity contribution in [2.75, 3.05) is 6.61 Å². The van der Waals surface area contributed by atoms with E-state index in [0.717, 1.165) is 55.2 Å². The zero-order chi connectivity index (χ0) is 29.3. The molecule has 0 saturated heterocycles. The quantitative estimate of drug-likeness (QED) is 0.348. The van der Waals surface area contributed by atoms with Gasteiger partial charge in [-0.15, -0.1) is 0 Å². The second kappa shape index (κ2) is 14.7. The van der Waals surface area contributed by atoms with Gasteiger partial charge in [0.15, 0.2) is 0 Å². The van der Waals surface area contributed by atoms with Crippen LogP contribution in [0.3, 0.4) is 0 Å². The second-order valence-electron chi connectivity index (χ2n) is 12.5. The number of alkyl carbamates (subject to hydrolysis) is 1. The number of carbonyl (C=O) groups is 3. The Morgan fingerprint density at radius 1 is 1.05 bits per heavy atom. The first-order chi connectivity index (χ1) is 18.2. The van der Waals surface area contributed by atoms with Gasteiger partial charge in [-0.05, 0) is 89.8 Å². The molecule has 0 spiro atoms. The first-order valence-electron chi connectivity index (χ1n) is 14.5. The van der Waals surface area contributed by atoms with Gasteiger partial charge in [0.25, 0.3) is 0 Å². The first-order valence-corrected chi connectivity index (χ1v) is 14.5. The van der Waals surface area contributed by atoms with Crippen LogP contribution in [0.4, 0.5) is 4.79 Å². The van der Waals surface area contributed by atoms with Gasteiger partial charge in [0, 0.05) is 12.1 Å². The molecular formula is C31H51N3O5. The Bertz CT molecular complexity index is 965. The maximum Gasteiger partial charge on any atom is 0.408 e. The van der Waals surface area contributed by atoms with E-state index >= 15 is 0 Å². The molecule has 1 saturated carbocycles. The minimum atomic E-state index is -1.25. The predicted octanol–water partition coefficient (Wildman–Crippen LogP) is 5.33. The fourth-order valence-corrected chi connectivity index (χ4v) is 5.14. The molecule has 1 fully saturated rings. The molecule has 8 heteroatoms. The summed E-state index contributed by atoms with van der Waals surface area (Å²) in [5, 5.41) is 16.0. The van der Waals surface area contributed by atoms with Crippen molar-refractivity contribution in [1.29, 1.82) is 0 Å². The lowest BCUT2D eigenvalue weighted by molar-refractivity contribution is -0.146. The molecule has 3 atom stereocenters. The van der Waals surface area contributed by atoms with Crippen LogP contribution in [-0.4, -0.2) is 58.2 Å². The van der Waals surface area contributed by atoms with Crippen LogP contribution in [0.25, 0.3) is 0 Å². The van der Waals surface area contributed by atoms with Crippen molar-refractivity contribution in [2.45, 2.75) is 130 Å². The molecule has 3 unspecified atom stereocenters. The highest BCUT2D eigenvalue weighted by Crippen LogP contribution is 2.31. The Morgan fingerprint density at radius 3 is 2.26 bits per heavy atom. The summed E-state index contributed by atoms with van der Waals surface area (Å²) in [6, 6.07) is 3.38. The van der Waals surface area contributed by atoms with Crippen LogP contribution in [0.5, 0.6) is 0 Å². The molecular weight excluding hydrogens is 494 g/mol. The summed E-state index contributed by atoms with van der Waals surface area (Å²) < 4.78 is 5.36. The topological polar surface area (TPSA) is 108 Å². The average Bonchev–Trinajstić information content (AvgIpc) is 2.85. The number of hydrogen-bond donors (Lipinski definition) is 3. The highest BCUT2D eigenvalue weighted by Gasteiger charge is 2.40. The Kier molecular flexibility index (Phi) is 12.3. The van der Waals surface area contributed by atoms with E-state index in [1.54, 1.807) is 25.7 Å². The molecule has 1 aliphatic rings. The van der Waals surface area contributed by atoms with Crippen LogP contribution >= 0.6 is 0 Å². The number of aliphatic hydroxyl groups excluding tert-OH is 1. The lowest BCUT2D eigenvalue weighted by Crippen LogP contribution is -2.57. The van der Waals surface area contributed by atoms with Gasteiger partial charge in [0.1, 0.15) is 17.7 Å². The second-order valence-corrected chi connectivity index (χ2v) is 12.5. The summed E-state index contributed by atoms with van der Waals surface area (Å²) in [6.07, 6.45) is 5.88. The van der Waals surface area contributed by atoms with Gasteiger partial charge >= 0.3 is 6.09 Å². The van der Waals surface area contributed by atoms with Gasteiger partial charge < -0.3 is 25.4 Å². The Hall–Kier alpha value is -2.61. The fraction of sp³-hybridized carbons (Fsp3) is 0.710. The van der Waals surface area contributed by atoms with E-state index in [-0.39, 0.29) is 18.0 Å². The fourth-order valence-electron chi connectivity index (χ4n) is 5.14. The van der Waals surface area contributed by atoms with Crippen molar-refractivity contribution >= 4 is 17.9 Å². The minimum absolute atomic E-state index is 0.0651. The van der Waals surface area contributed by atoms with E-state index < -0.39 is 36.3 Å². The van der Waals surface area contributed by atoms with Gasteiger partial charge in [0.05, 0.1) is 6.61 Å². The molecule has 2 rings (SSSR count). The Labute approximate surface area is 235 Å². The number of hydrogen-bond acceptors (Lipinski definition) is 5. The number of nitrogens with one attached hydrogen (secondary N) is 2. The highest BCUT2D eigenvalue weighted by molar-refractivity contribution is 5.92. The van der Waals surface area contributed by atoms with E-state index in [9.17, 15) is 19.5 Å². The van der Waals surface area contributed by atoms with Crippen LogP contribution < -0.4 is 10.6 Å². The van der Waals surface area contributed by atoms with E-state index in [0.29, 0.717) is 12.3 Å². The van der Waals surface area contributed by atoms with E-state index in [1.807, 2.05) is 39.0 Å². The summed E-state index contributed by atoms with van der Waals surface area (Å²) in [7, 11) is 0. The van der Waals surface area contributed by atoms with Crippen LogP contribution in [0, 0.1) is 19.8 Å². The summed E-state index contributed by atoms with van der Waals surface area (Å²) in [5.74, 6) is -0.327. The van der Waals surface area contributed by atoms with Crippen LogP contribution in [0.2, 0.25) is 0 Å². The summed E-state index contributed by atoms with van der Waals surface area (Å²) in [6.45, 7) is 14.7. The minimum Gasteiger partial charge on any atom is -0.444 e. The molecule has 220 valence electrons. The number of amides is 3. The SMILES string of the molecule is Cc1cccc(C(C(=O)NC2CCCCC2)N(C(=O)C(CO)NC(=O)OC(C)(C)C)C(C)CCC(C)C)c1C. The third-order valence-electron chi connectivity index (χ3n) is 7.48. The van der Waals surface area contributed by atoms with Gasteiger partial charge in [0.2, 0.25) is 11.8 Å². The third kappa shape index (κ3) is 9.82. The highest BCUT2D eigenvalue weighted by atomic mass is 16.6. The summed E-state index contributed by atoms with van der Waals surface area (Å²) in [4.78, 5) is 42.5. The third-order valence-corrected chi connectivity index (χ3v) is 7.48. The standard InChI is InChI=1S/C31H51N3O5/c1-20(2)17-18-22(4)34(29(37)26(19-35)33-30(38)39-31(6,7)8)27(25-16-12-13-21(3)23(25)5)28(36)32-24-14-10-9-11-15-24/h12-13,16,20,22,24,26-27,35H,9-11,14-15,17-19H2,1-8H3,(H,32,36)(H,33,38). The number of benzene rings is 1. The van der Waals surface area contributed by atoms with Crippen molar-refractivity contribution in [3.63, 3.8) is 0 Å². The lowest BCUT2D eigenvalue weighted by Gasteiger charge is -2.40. The van der Waals surface area contributed by atoms with Crippen molar-refractivity contribution in [2.24, 2.45) is 5.92 Å². The normalized spacial score (nSPS) is 16.8. The monoisotopic (exact) mass is 545 g/mol. The number of aliphatic hydroxyl groups is 1. The zero-order valence-electron chi connectivity index (χ0n) is 25.3. The number of aryl methyl sites for hydroxylation is 1. The van der Waals surface area contributed by atoms with E-state index in [2.05, 4.69) is 24.5 Å². The number of nitrogens with zero attached hydrogens (tertiary/aromatic N) is 1. The van der Waals surface area contributed by atoms with Crippen molar-refractivity contribution in [3.05, 3.63) is 34.9 Å². The summed E-state index contributed by atoms with van der Waals surface area (Å²) in [5.41, 5.74) is 1.95. The maximum atomic E-state index is 14.2. The molecule has 8 nitrogen and oxygen atoms in total. The van der Waals surface area contributed by atoms with Crippen LogP contribution in [-0.2, 0) is 14.3 Å². The molecule has 3 amide bonds. The molecule has 0 radical (unpaired) electrons. The molecule has 1 aliphatic carbocycles. The van der Waals surface area contributed by atoms with E-state index in [1.165, 1.54) is 0 Å². The van der Waals surface area contributed by atoms with Crippen molar-refractivity contribution in [3.8, 4) is 0 Å². The molecule has 0 bridgehead atoms. The lowest BCUT2D eigenvalue weighted by atomic mass is 9.91. The largest absolute Gasteiger partial charge is 0.444 e. The number of ether oxygens (including phenoxy) is 1. The maximum absolute atomic E-state index is 14.2. The Morgan fingerprint density at radius 2 is 1.69 bits per heavy atom. The molecule has 3 N–H and O–H groups in total. The molecule has 1 aromatic carbocycles. The Balaban J connectivity index is 2.55. The number of carbonyl (C=O) groups excluding carboxylic acids is 3. The van der Waals surface area contributed by atoms with Gasteiger partial charge in [-0.1, -0.05) is 51.3 Å². The molecule has 39 heavy (non-hydrogen) atoms.